The van der Waals surface area contributed by atoms with Gasteiger partial charge in [0, 0.05) is 5.56 Å². The number of rotatable bonds is 4. The first-order valence-electron chi connectivity index (χ1n) is 9.18. The van der Waals surface area contributed by atoms with Crippen molar-refractivity contribution in [2.75, 3.05) is 0 Å². The fraction of sp³-hybridized carbons (Fsp3) is 0.409. The van der Waals surface area contributed by atoms with Crippen molar-refractivity contribution in [1.29, 1.82) is 0 Å². The predicted molar refractivity (Wildman–Crippen MR) is 100 cm³/mol. The van der Waals surface area contributed by atoms with Crippen LogP contribution in [0.3, 0.4) is 0 Å². The third-order valence-corrected chi connectivity index (χ3v) is 5.03. The first-order valence-corrected chi connectivity index (χ1v) is 9.18. The Morgan fingerprint density at radius 3 is 1.90 bits per heavy atom. The number of alkyl halides is 3. The Morgan fingerprint density at radius 2 is 1.41 bits per heavy atom. The highest BCUT2D eigenvalue weighted by Gasteiger charge is 2.67. The number of ether oxygens (including phenoxy) is 2. The number of benzene rings is 2. The maximum Gasteiger partial charge on any atom is 0.424 e. The fourth-order valence-corrected chi connectivity index (χ4v) is 3.44. The zero-order chi connectivity index (χ0) is 21.6. The van der Waals surface area contributed by atoms with E-state index in [1.807, 2.05) is 6.92 Å². The Morgan fingerprint density at radius 1 is 0.931 bits per heavy atom. The van der Waals surface area contributed by atoms with Gasteiger partial charge in [-0.25, -0.2) is 0 Å². The van der Waals surface area contributed by atoms with Crippen LogP contribution in [0.1, 0.15) is 40.9 Å². The summed E-state index contributed by atoms with van der Waals surface area (Å²) in [7, 11) is 0. The zero-order valence-corrected chi connectivity index (χ0v) is 16.6. The van der Waals surface area contributed by atoms with Crippen LogP contribution in [0.2, 0.25) is 0 Å². The van der Waals surface area contributed by atoms with Crippen molar-refractivity contribution in [3.63, 3.8) is 0 Å². The molecule has 1 saturated heterocycles. The number of Topliss-reactive ketones (excluding diaryl/α,β-unsaturated/α-hetero) is 1. The lowest BCUT2D eigenvalue weighted by Gasteiger charge is -2.37. The van der Waals surface area contributed by atoms with Gasteiger partial charge in [-0.2, -0.15) is 13.2 Å². The molecule has 2 aromatic carbocycles. The third kappa shape index (κ3) is 3.95. The van der Waals surface area contributed by atoms with Crippen LogP contribution in [0.25, 0.3) is 0 Å². The number of ketones is 1. The monoisotopic (exact) mass is 408 g/mol. The van der Waals surface area contributed by atoms with E-state index in [0.717, 1.165) is 11.1 Å². The first-order chi connectivity index (χ1) is 13.3. The van der Waals surface area contributed by atoms with Crippen LogP contribution < -0.4 is 0 Å². The van der Waals surface area contributed by atoms with Crippen molar-refractivity contribution in [3.05, 3.63) is 70.8 Å². The summed E-state index contributed by atoms with van der Waals surface area (Å²) in [4.78, 5) is 13.0. The third-order valence-electron chi connectivity index (χ3n) is 5.03. The minimum Gasteiger partial charge on any atom is -0.374 e. The predicted octanol–water partition coefficient (Wildman–Crippen LogP) is 4.46. The minimum atomic E-state index is -5.11. The average molecular weight is 408 g/mol. The number of aryl methyl sites for hydroxylation is 2. The van der Waals surface area contributed by atoms with Gasteiger partial charge in [-0.3, -0.25) is 4.79 Å². The van der Waals surface area contributed by atoms with Crippen molar-refractivity contribution < 1.29 is 32.5 Å². The van der Waals surface area contributed by atoms with Crippen molar-refractivity contribution in [1.82, 2.24) is 0 Å². The summed E-state index contributed by atoms with van der Waals surface area (Å²) in [5.41, 5.74) is -2.04. The largest absolute Gasteiger partial charge is 0.424 e. The maximum atomic E-state index is 14.2. The molecule has 0 aliphatic carbocycles. The molecule has 0 bridgehead atoms. The zero-order valence-electron chi connectivity index (χ0n) is 16.6. The molecule has 1 aliphatic heterocycles. The maximum absolute atomic E-state index is 14.2. The molecule has 1 heterocycles. The van der Waals surface area contributed by atoms with Crippen LogP contribution in [-0.4, -0.2) is 35.1 Å². The molecule has 0 unspecified atom stereocenters. The van der Waals surface area contributed by atoms with Crippen LogP contribution >= 0.6 is 0 Å². The van der Waals surface area contributed by atoms with E-state index in [4.69, 9.17) is 9.47 Å². The van der Waals surface area contributed by atoms with Crippen molar-refractivity contribution in [2.24, 2.45) is 0 Å². The van der Waals surface area contributed by atoms with E-state index in [9.17, 15) is 23.1 Å². The van der Waals surface area contributed by atoms with E-state index in [0.29, 0.717) is 0 Å². The number of halogens is 3. The number of aliphatic hydroxyl groups is 1. The van der Waals surface area contributed by atoms with Gasteiger partial charge in [-0.15, -0.1) is 0 Å². The van der Waals surface area contributed by atoms with Crippen LogP contribution in [0.5, 0.6) is 0 Å². The lowest BCUT2D eigenvalue weighted by Crippen LogP contribution is -2.57. The summed E-state index contributed by atoms with van der Waals surface area (Å²) in [6, 6.07) is 11.7. The Balaban J connectivity index is 2.10. The molecule has 3 atom stereocenters. The number of hydrogen-bond donors (Lipinski definition) is 1. The molecule has 1 aliphatic rings. The highest BCUT2D eigenvalue weighted by molar-refractivity contribution is 6.00. The van der Waals surface area contributed by atoms with Crippen LogP contribution in [-0.2, 0) is 15.1 Å². The molecule has 3 rings (SSSR count). The highest BCUT2D eigenvalue weighted by atomic mass is 19.4. The molecule has 0 radical (unpaired) electrons. The summed E-state index contributed by atoms with van der Waals surface area (Å²) < 4.78 is 53.6. The molecule has 2 aromatic rings. The smallest absolute Gasteiger partial charge is 0.374 e. The SMILES string of the molecule is Cc1ccc(C(=O)[C@@H]2OC(C)(C)O[C@H]2[C@](O)(c2ccc(C)cc2)C(F)(F)F)cc1. The van der Waals surface area contributed by atoms with E-state index in [1.54, 1.807) is 19.1 Å². The summed E-state index contributed by atoms with van der Waals surface area (Å²) >= 11 is 0. The molecule has 0 spiro atoms. The van der Waals surface area contributed by atoms with Gasteiger partial charge in [0.2, 0.25) is 5.60 Å². The second kappa shape index (κ2) is 7.23. The Hall–Kier alpha value is -2.22. The van der Waals surface area contributed by atoms with E-state index < -0.39 is 41.1 Å². The Bertz CT molecular complexity index is 888. The second-order valence-electron chi connectivity index (χ2n) is 7.84. The lowest BCUT2D eigenvalue weighted by molar-refractivity contribution is -0.305. The van der Waals surface area contributed by atoms with E-state index in [2.05, 4.69) is 0 Å². The van der Waals surface area contributed by atoms with Gasteiger partial charge in [0.05, 0.1) is 0 Å². The molecule has 1 fully saturated rings. The number of hydrogen-bond acceptors (Lipinski definition) is 4. The van der Waals surface area contributed by atoms with Crippen LogP contribution in [0.4, 0.5) is 13.2 Å². The van der Waals surface area contributed by atoms with E-state index >= 15 is 0 Å². The normalized spacial score (nSPS) is 23.6. The molecule has 7 heteroatoms. The van der Waals surface area contributed by atoms with Crippen molar-refractivity contribution in [3.8, 4) is 0 Å². The lowest BCUT2D eigenvalue weighted by atomic mass is 9.82. The number of carbonyl (C=O) groups excluding carboxylic acids is 1. The van der Waals surface area contributed by atoms with E-state index in [-0.39, 0.29) is 5.56 Å². The Labute approximate surface area is 167 Å². The molecule has 29 heavy (non-hydrogen) atoms. The first kappa shape index (κ1) is 21.5. The van der Waals surface area contributed by atoms with Crippen LogP contribution in [0.15, 0.2) is 48.5 Å². The quantitative estimate of drug-likeness (QED) is 0.760. The summed E-state index contributed by atoms with van der Waals surface area (Å²) in [5.74, 6) is -2.17. The molecule has 156 valence electrons. The van der Waals surface area contributed by atoms with E-state index in [1.165, 1.54) is 50.2 Å². The van der Waals surface area contributed by atoms with Gasteiger partial charge in [-0.05, 0) is 33.3 Å². The van der Waals surface area contributed by atoms with Crippen molar-refractivity contribution >= 4 is 5.78 Å². The number of carbonyl (C=O) groups is 1. The Kier molecular flexibility index (Phi) is 5.36. The average Bonchev–Trinajstić information content (AvgIpc) is 2.96. The molecule has 4 nitrogen and oxygen atoms in total. The minimum absolute atomic E-state index is 0.181. The molecule has 0 saturated carbocycles. The summed E-state index contributed by atoms with van der Waals surface area (Å²) in [5, 5.41) is 11.0. The van der Waals surface area contributed by atoms with Gasteiger partial charge in [-0.1, -0.05) is 59.7 Å². The van der Waals surface area contributed by atoms with Gasteiger partial charge in [0.25, 0.3) is 0 Å². The van der Waals surface area contributed by atoms with Gasteiger partial charge < -0.3 is 14.6 Å². The standard InChI is InChI=1S/C22H23F3O4/c1-13-5-9-15(10-6-13)17(26)18-19(29-20(3,4)28-18)21(27,22(23,24)25)16-11-7-14(2)8-12-16/h5-12,18-19,27H,1-4H3/t18-,19+,21+/m0/s1. The molecular formula is C22H23F3O4. The molecular weight excluding hydrogens is 385 g/mol. The van der Waals surface area contributed by atoms with Crippen molar-refractivity contribution in [2.45, 2.75) is 57.5 Å². The van der Waals surface area contributed by atoms with Gasteiger partial charge >= 0.3 is 6.18 Å². The molecule has 1 N–H and O–H groups in total. The van der Waals surface area contributed by atoms with Crippen LogP contribution in [0, 0.1) is 13.8 Å². The van der Waals surface area contributed by atoms with Gasteiger partial charge in [0.15, 0.2) is 17.7 Å². The van der Waals surface area contributed by atoms with Gasteiger partial charge in [0.1, 0.15) is 6.10 Å². The molecule has 0 aromatic heterocycles. The fourth-order valence-electron chi connectivity index (χ4n) is 3.44. The topological polar surface area (TPSA) is 55.8 Å². The summed E-state index contributed by atoms with van der Waals surface area (Å²) in [6.45, 7) is 6.37. The highest BCUT2D eigenvalue weighted by Crippen LogP contribution is 2.48. The molecule has 0 amide bonds. The second-order valence-corrected chi connectivity index (χ2v) is 7.84. The summed E-state index contributed by atoms with van der Waals surface area (Å²) in [6.07, 6.45) is -8.72.